The molecule has 1 aromatic rings. The van der Waals surface area contributed by atoms with Crippen LogP contribution in [0.5, 0.6) is 0 Å². The van der Waals surface area contributed by atoms with Gasteiger partial charge >= 0.3 is 0 Å². The van der Waals surface area contributed by atoms with Gasteiger partial charge in [0, 0.05) is 6.54 Å². The second-order valence-corrected chi connectivity index (χ2v) is 4.82. The quantitative estimate of drug-likeness (QED) is 0.832. The number of carbonyl (C=O) groups is 1. The molecule has 15 heavy (non-hydrogen) atoms. The maximum atomic E-state index is 11.9. The van der Waals surface area contributed by atoms with Gasteiger partial charge in [0.2, 0.25) is 5.91 Å². The molecule has 0 radical (unpaired) electrons. The smallest absolute Gasteiger partial charge is 0.239 e. The summed E-state index contributed by atoms with van der Waals surface area (Å²) in [6, 6.07) is 1.97. The summed E-state index contributed by atoms with van der Waals surface area (Å²) in [6.07, 6.45) is 2.15. The van der Waals surface area contributed by atoms with Crippen LogP contribution in [-0.2, 0) is 4.79 Å². The molecule has 3 nitrogen and oxygen atoms in total. The van der Waals surface area contributed by atoms with Crippen LogP contribution in [0.25, 0.3) is 0 Å². The molecule has 1 fully saturated rings. The minimum absolute atomic E-state index is 0.0729. The summed E-state index contributed by atoms with van der Waals surface area (Å²) in [5.74, 6) is 0.0729. The summed E-state index contributed by atoms with van der Waals surface area (Å²) >= 11 is 1.68. The van der Waals surface area contributed by atoms with Gasteiger partial charge in [0.1, 0.15) is 0 Å². The third kappa shape index (κ3) is 2.06. The highest BCUT2D eigenvalue weighted by Gasteiger charge is 2.31. The van der Waals surface area contributed by atoms with Crippen molar-refractivity contribution in [2.24, 2.45) is 5.73 Å². The van der Waals surface area contributed by atoms with Gasteiger partial charge in [-0.15, -0.1) is 0 Å². The summed E-state index contributed by atoms with van der Waals surface area (Å²) in [7, 11) is 0. The topological polar surface area (TPSA) is 46.3 Å². The lowest BCUT2D eigenvalue weighted by Gasteiger charge is -2.25. The van der Waals surface area contributed by atoms with E-state index in [0.717, 1.165) is 19.4 Å². The maximum Gasteiger partial charge on any atom is 0.239 e. The van der Waals surface area contributed by atoms with Gasteiger partial charge in [0.05, 0.1) is 12.1 Å². The van der Waals surface area contributed by atoms with Crippen LogP contribution < -0.4 is 5.73 Å². The number of hydrogen-bond donors (Lipinski definition) is 1. The Morgan fingerprint density at radius 3 is 3.13 bits per heavy atom. The Hall–Kier alpha value is -0.870. The number of hydrogen-bond acceptors (Lipinski definition) is 3. The fourth-order valence-electron chi connectivity index (χ4n) is 2.10. The zero-order valence-corrected chi connectivity index (χ0v) is 9.67. The first kappa shape index (κ1) is 10.6. The molecule has 0 bridgehead atoms. The molecule has 1 amide bonds. The normalized spacial score (nSPS) is 23.1. The molecule has 1 aliphatic rings. The van der Waals surface area contributed by atoms with Gasteiger partial charge in [-0.3, -0.25) is 4.79 Å². The zero-order chi connectivity index (χ0) is 10.8. The molecule has 0 saturated carbocycles. The van der Waals surface area contributed by atoms with Crippen LogP contribution in [0, 0.1) is 0 Å². The van der Waals surface area contributed by atoms with Crippen LogP contribution in [0.4, 0.5) is 0 Å². The fourth-order valence-corrected chi connectivity index (χ4v) is 2.81. The summed E-state index contributed by atoms with van der Waals surface area (Å²) in [5, 5.41) is 4.18. The van der Waals surface area contributed by atoms with Crippen molar-refractivity contribution >= 4 is 17.2 Å². The Labute approximate surface area is 93.9 Å². The van der Waals surface area contributed by atoms with Crippen molar-refractivity contribution in [3.05, 3.63) is 22.4 Å². The number of likely N-dealkylation sites (tertiary alicyclic amines) is 1. The molecule has 1 saturated heterocycles. The lowest BCUT2D eigenvalue weighted by molar-refractivity contribution is -0.133. The molecule has 2 N–H and O–H groups in total. The van der Waals surface area contributed by atoms with Crippen molar-refractivity contribution in [3.8, 4) is 0 Å². The van der Waals surface area contributed by atoms with Crippen molar-refractivity contribution in [1.29, 1.82) is 0 Å². The highest BCUT2D eigenvalue weighted by Crippen LogP contribution is 2.33. The van der Waals surface area contributed by atoms with E-state index in [1.807, 2.05) is 4.90 Å². The Kier molecular flexibility index (Phi) is 3.07. The Bertz CT molecular complexity index is 334. The molecule has 0 aliphatic carbocycles. The van der Waals surface area contributed by atoms with Crippen molar-refractivity contribution in [2.45, 2.75) is 31.8 Å². The van der Waals surface area contributed by atoms with Crippen LogP contribution in [0.1, 0.15) is 31.4 Å². The standard InChI is InChI=1S/C11H16N2OS/c1-8(12)11(14)13-5-2-3-10(13)9-4-6-15-7-9/h4,6-8,10H,2-3,5,12H2,1H3/t8-,10?/m1/s1. The van der Waals surface area contributed by atoms with Crippen LogP contribution in [-0.4, -0.2) is 23.4 Å². The molecule has 1 aromatic heterocycles. The van der Waals surface area contributed by atoms with E-state index in [1.165, 1.54) is 5.56 Å². The molecule has 1 unspecified atom stereocenters. The SMILES string of the molecule is C[C@@H](N)C(=O)N1CCCC1c1ccsc1. The molecule has 2 rings (SSSR count). The number of nitrogens with two attached hydrogens (primary N) is 1. The molecule has 2 atom stereocenters. The summed E-state index contributed by atoms with van der Waals surface area (Å²) in [4.78, 5) is 13.8. The highest BCUT2D eigenvalue weighted by molar-refractivity contribution is 7.07. The second kappa shape index (κ2) is 4.33. The van der Waals surface area contributed by atoms with E-state index in [9.17, 15) is 4.79 Å². The molecular formula is C11H16N2OS. The predicted molar refractivity (Wildman–Crippen MR) is 61.7 cm³/mol. The van der Waals surface area contributed by atoms with Gasteiger partial charge in [-0.1, -0.05) is 0 Å². The van der Waals surface area contributed by atoms with E-state index in [0.29, 0.717) is 0 Å². The Balaban J connectivity index is 2.15. The van der Waals surface area contributed by atoms with Gasteiger partial charge < -0.3 is 10.6 Å². The van der Waals surface area contributed by atoms with Crippen LogP contribution >= 0.6 is 11.3 Å². The second-order valence-electron chi connectivity index (χ2n) is 4.04. The minimum atomic E-state index is -0.385. The van der Waals surface area contributed by atoms with Gasteiger partial charge in [0.25, 0.3) is 0 Å². The average Bonchev–Trinajstić information content (AvgIpc) is 2.86. The first-order chi connectivity index (χ1) is 7.20. The molecule has 1 aliphatic heterocycles. The molecular weight excluding hydrogens is 208 g/mol. The van der Waals surface area contributed by atoms with E-state index in [2.05, 4.69) is 16.8 Å². The number of rotatable bonds is 2. The van der Waals surface area contributed by atoms with Crippen molar-refractivity contribution in [3.63, 3.8) is 0 Å². The van der Waals surface area contributed by atoms with Crippen molar-refractivity contribution in [1.82, 2.24) is 4.90 Å². The van der Waals surface area contributed by atoms with Gasteiger partial charge in [-0.2, -0.15) is 11.3 Å². The highest BCUT2D eigenvalue weighted by atomic mass is 32.1. The summed E-state index contributed by atoms with van der Waals surface area (Å²) in [5.41, 5.74) is 6.90. The van der Waals surface area contributed by atoms with E-state index >= 15 is 0 Å². The zero-order valence-electron chi connectivity index (χ0n) is 8.85. The summed E-state index contributed by atoms with van der Waals surface area (Å²) in [6.45, 7) is 2.60. The average molecular weight is 224 g/mol. The van der Waals surface area contributed by atoms with Crippen LogP contribution in [0.15, 0.2) is 16.8 Å². The van der Waals surface area contributed by atoms with Crippen LogP contribution in [0.2, 0.25) is 0 Å². The van der Waals surface area contributed by atoms with E-state index in [1.54, 1.807) is 18.3 Å². The summed E-state index contributed by atoms with van der Waals surface area (Å²) < 4.78 is 0. The van der Waals surface area contributed by atoms with Crippen LogP contribution in [0.3, 0.4) is 0 Å². The predicted octanol–water partition coefficient (Wildman–Crippen LogP) is 1.76. The maximum absolute atomic E-state index is 11.9. The third-order valence-electron chi connectivity index (χ3n) is 2.85. The van der Waals surface area contributed by atoms with Gasteiger partial charge in [-0.05, 0) is 42.2 Å². The van der Waals surface area contributed by atoms with E-state index < -0.39 is 0 Å². The number of amides is 1. The first-order valence-electron chi connectivity index (χ1n) is 5.28. The van der Waals surface area contributed by atoms with E-state index in [4.69, 9.17) is 5.73 Å². The Morgan fingerprint density at radius 2 is 2.53 bits per heavy atom. The first-order valence-corrected chi connectivity index (χ1v) is 6.22. The number of thiophene rings is 1. The molecule has 4 heteroatoms. The van der Waals surface area contributed by atoms with Gasteiger partial charge in [0.15, 0.2) is 0 Å². The lowest BCUT2D eigenvalue weighted by atomic mass is 10.1. The molecule has 0 aromatic carbocycles. The molecule has 0 spiro atoms. The lowest BCUT2D eigenvalue weighted by Crippen LogP contribution is -2.41. The van der Waals surface area contributed by atoms with E-state index in [-0.39, 0.29) is 18.0 Å². The van der Waals surface area contributed by atoms with Crippen molar-refractivity contribution in [2.75, 3.05) is 6.54 Å². The fraction of sp³-hybridized carbons (Fsp3) is 0.545. The molecule has 82 valence electrons. The van der Waals surface area contributed by atoms with Gasteiger partial charge in [-0.25, -0.2) is 0 Å². The number of nitrogens with zero attached hydrogens (tertiary/aromatic N) is 1. The Morgan fingerprint density at radius 1 is 1.73 bits per heavy atom. The monoisotopic (exact) mass is 224 g/mol. The largest absolute Gasteiger partial charge is 0.334 e. The third-order valence-corrected chi connectivity index (χ3v) is 3.55. The minimum Gasteiger partial charge on any atom is -0.334 e. The molecule has 2 heterocycles. The number of carbonyl (C=O) groups excluding carboxylic acids is 1. The van der Waals surface area contributed by atoms with Crippen molar-refractivity contribution < 1.29 is 4.79 Å².